The summed E-state index contributed by atoms with van der Waals surface area (Å²) in [6.07, 6.45) is 2.22. The highest BCUT2D eigenvalue weighted by Crippen LogP contribution is 2.20. The van der Waals surface area contributed by atoms with Crippen LogP contribution >= 0.6 is 0 Å². The normalized spacial score (nSPS) is 13.3. The zero-order valence-electron chi connectivity index (χ0n) is 22.6. The zero-order valence-corrected chi connectivity index (χ0v) is 22.6. The molecule has 1 saturated heterocycles. The molecule has 0 unspecified atom stereocenters. The number of benzene rings is 2. The van der Waals surface area contributed by atoms with Gasteiger partial charge in [-0.05, 0) is 30.2 Å². The van der Waals surface area contributed by atoms with Crippen molar-refractivity contribution in [1.82, 2.24) is 45.7 Å². The van der Waals surface area contributed by atoms with E-state index in [4.69, 9.17) is 0 Å². The minimum atomic E-state index is -0.633. The number of aromatic nitrogens is 6. The predicted octanol–water partition coefficient (Wildman–Crippen LogP) is 1.00. The van der Waals surface area contributed by atoms with Gasteiger partial charge in [-0.25, -0.2) is 9.49 Å². The molecule has 42 heavy (non-hydrogen) atoms. The molecule has 0 atom stereocenters. The van der Waals surface area contributed by atoms with E-state index < -0.39 is 11.7 Å². The van der Waals surface area contributed by atoms with Crippen LogP contribution in [0.25, 0.3) is 10.8 Å². The summed E-state index contributed by atoms with van der Waals surface area (Å²) in [6, 6.07) is 11.4. The minimum Gasteiger partial charge on any atom is -0.349 e. The maximum atomic E-state index is 14.8. The molecule has 5 rings (SSSR count). The highest BCUT2D eigenvalue weighted by molar-refractivity contribution is 5.95. The smallest absolute Gasteiger partial charge is 0.272 e. The van der Waals surface area contributed by atoms with Gasteiger partial charge >= 0.3 is 0 Å². The average molecular weight is 574 g/mol. The van der Waals surface area contributed by atoms with Gasteiger partial charge in [0, 0.05) is 50.8 Å². The fourth-order valence-corrected chi connectivity index (χ4v) is 4.80. The Morgan fingerprint density at radius 2 is 1.64 bits per heavy atom. The van der Waals surface area contributed by atoms with Crippen molar-refractivity contribution in [2.24, 2.45) is 0 Å². The van der Waals surface area contributed by atoms with Gasteiger partial charge in [0.05, 0.1) is 23.2 Å². The molecule has 0 bridgehead atoms. The van der Waals surface area contributed by atoms with Gasteiger partial charge < -0.3 is 15.1 Å². The lowest BCUT2D eigenvalue weighted by Crippen LogP contribution is -2.50. The highest BCUT2D eigenvalue weighted by atomic mass is 19.1. The lowest BCUT2D eigenvalue weighted by molar-refractivity contribution is -0.132. The fourth-order valence-electron chi connectivity index (χ4n) is 4.80. The van der Waals surface area contributed by atoms with E-state index in [9.17, 15) is 23.6 Å². The van der Waals surface area contributed by atoms with E-state index in [0.717, 1.165) is 0 Å². The molecule has 2 aromatic carbocycles. The summed E-state index contributed by atoms with van der Waals surface area (Å²) < 4.78 is 14.8. The van der Waals surface area contributed by atoms with Crippen molar-refractivity contribution >= 4 is 28.5 Å². The molecule has 1 aliphatic rings. The second-order valence-electron chi connectivity index (χ2n) is 9.80. The summed E-state index contributed by atoms with van der Waals surface area (Å²) in [7, 11) is 0. The minimum absolute atomic E-state index is 0.0560. The lowest BCUT2D eigenvalue weighted by atomic mass is 10.0. The molecule has 1 fully saturated rings. The standard InChI is InChI=1S/C28H28FN9O4/c29-22-9-8-18(15-23-19-4-1-2-5-20(19)27(41)36-33-23)14-21(22)28(42)38-12-10-37(11-13-38)26(40)7-3-6-25(39)30-16-24-34-31-17-32-35-24/h1-2,4-5,8-9,14,17H,3,6-7,10-13,15-16H2,(H,30,39)(H,36,41). The topological polar surface area (TPSA) is 167 Å². The molecule has 0 saturated carbocycles. The third-order valence-corrected chi connectivity index (χ3v) is 7.02. The molecule has 3 amide bonds. The van der Waals surface area contributed by atoms with Crippen molar-refractivity contribution in [3.63, 3.8) is 0 Å². The number of halogens is 1. The molecule has 0 radical (unpaired) electrons. The number of nitrogens with zero attached hydrogens (tertiary/aromatic N) is 7. The number of nitrogens with one attached hydrogen (secondary N) is 2. The molecule has 4 aromatic rings. The molecule has 3 heterocycles. The van der Waals surface area contributed by atoms with Gasteiger partial charge in [-0.3, -0.25) is 19.2 Å². The summed E-state index contributed by atoms with van der Waals surface area (Å²) in [5, 5.41) is 25.2. The molecule has 0 aliphatic carbocycles. The van der Waals surface area contributed by atoms with Crippen LogP contribution in [0.15, 0.2) is 53.6 Å². The maximum absolute atomic E-state index is 14.8. The quantitative estimate of drug-likeness (QED) is 0.297. The summed E-state index contributed by atoms with van der Waals surface area (Å²) >= 11 is 0. The molecule has 216 valence electrons. The number of piperazine rings is 1. The lowest BCUT2D eigenvalue weighted by Gasteiger charge is -2.35. The number of H-pyrrole nitrogens is 1. The van der Waals surface area contributed by atoms with Gasteiger partial charge in [-0.2, -0.15) is 5.10 Å². The van der Waals surface area contributed by atoms with Crippen molar-refractivity contribution < 1.29 is 18.8 Å². The number of carbonyl (C=O) groups excluding carboxylic acids is 3. The average Bonchev–Trinajstić information content (AvgIpc) is 3.02. The molecular formula is C28H28FN9O4. The number of carbonyl (C=O) groups is 3. The number of amides is 3. The Balaban J connectivity index is 1.12. The van der Waals surface area contributed by atoms with Crippen molar-refractivity contribution in [2.75, 3.05) is 26.2 Å². The van der Waals surface area contributed by atoms with E-state index in [0.29, 0.717) is 53.8 Å². The van der Waals surface area contributed by atoms with Crippen LogP contribution in [-0.4, -0.2) is 84.3 Å². The van der Waals surface area contributed by atoms with Gasteiger partial charge in [-0.15, -0.1) is 20.4 Å². The zero-order chi connectivity index (χ0) is 29.5. The van der Waals surface area contributed by atoms with Crippen LogP contribution in [0.1, 0.15) is 46.7 Å². The van der Waals surface area contributed by atoms with Crippen molar-refractivity contribution in [1.29, 1.82) is 0 Å². The van der Waals surface area contributed by atoms with Gasteiger partial charge in [-0.1, -0.05) is 24.3 Å². The van der Waals surface area contributed by atoms with Crippen LogP contribution in [0.5, 0.6) is 0 Å². The first-order chi connectivity index (χ1) is 20.4. The first kappa shape index (κ1) is 28.4. The Hall–Kier alpha value is -5.14. The predicted molar refractivity (Wildman–Crippen MR) is 147 cm³/mol. The first-order valence-electron chi connectivity index (χ1n) is 13.5. The van der Waals surface area contributed by atoms with Gasteiger partial charge in [0.25, 0.3) is 11.5 Å². The van der Waals surface area contributed by atoms with E-state index in [1.807, 2.05) is 6.07 Å². The second kappa shape index (κ2) is 13.0. The summed E-state index contributed by atoms with van der Waals surface area (Å²) in [5.74, 6) is -1.14. The number of fused-ring (bicyclic) bond motifs is 1. The largest absolute Gasteiger partial charge is 0.349 e. The molecule has 1 aliphatic heterocycles. The van der Waals surface area contributed by atoms with E-state index >= 15 is 0 Å². The molecule has 2 N–H and O–H groups in total. The Morgan fingerprint density at radius 1 is 0.929 bits per heavy atom. The van der Waals surface area contributed by atoms with Crippen molar-refractivity contribution in [2.45, 2.75) is 32.2 Å². The third-order valence-electron chi connectivity index (χ3n) is 7.02. The number of hydrogen-bond donors (Lipinski definition) is 2. The van der Waals surface area contributed by atoms with Crippen molar-refractivity contribution in [3.8, 4) is 0 Å². The Bertz CT molecular complexity index is 1660. The van der Waals surface area contributed by atoms with Gasteiger partial charge in [0.1, 0.15) is 5.82 Å². The van der Waals surface area contributed by atoms with Gasteiger partial charge in [0.2, 0.25) is 11.8 Å². The van der Waals surface area contributed by atoms with E-state index in [1.165, 1.54) is 23.4 Å². The van der Waals surface area contributed by atoms with Crippen molar-refractivity contribution in [3.05, 3.63) is 87.6 Å². The number of hydrogen-bond acceptors (Lipinski definition) is 9. The van der Waals surface area contributed by atoms with E-state index in [-0.39, 0.29) is 55.4 Å². The van der Waals surface area contributed by atoms with Crippen LogP contribution in [0.4, 0.5) is 4.39 Å². The summed E-state index contributed by atoms with van der Waals surface area (Å²) in [5.41, 5.74) is 0.934. The summed E-state index contributed by atoms with van der Waals surface area (Å²) in [6.45, 7) is 1.27. The number of rotatable bonds is 9. The molecule has 13 nitrogen and oxygen atoms in total. The van der Waals surface area contributed by atoms with Gasteiger partial charge in [0.15, 0.2) is 12.2 Å². The van der Waals surface area contributed by atoms with Crippen LogP contribution in [-0.2, 0) is 22.6 Å². The molecular weight excluding hydrogens is 545 g/mol. The van der Waals surface area contributed by atoms with Crippen LogP contribution in [0.2, 0.25) is 0 Å². The molecule has 14 heteroatoms. The Morgan fingerprint density at radius 3 is 2.40 bits per heavy atom. The highest BCUT2D eigenvalue weighted by Gasteiger charge is 2.26. The van der Waals surface area contributed by atoms with E-state index in [2.05, 4.69) is 35.9 Å². The van der Waals surface area contributed by atoms with Crippen LogP contribution in [0.3, 0.4) is 0 Å². The monoisotopic (exact) mass is 573 g/mol. The van der Waals surface area contributed by atoms with Crippen LogP contribution in [0, 0.1) is 5.82 Å². The Labute approximate surface area is 239 Å². The second-order valence-corrected chi connectivity index (χ2v) is 9.80. The SMILES string of the molecule is O=C(CCCC(=O)N1CCN(C(=O)c2cc(Cc3n[nH]c(=O)c4ccccc34)ccc2F)CC1)NCc1nncnn1. The molecule has 0 spiro atoms. The maximum Gasteiger partial charge on any atom is 0.272 e. The Kier molecular flexibility index (Phi) is 8.80. The number of aromatic amines is 1. The van der Waals surface area contributed by atoms with Crippen LogP contribution < -0.4 is 10.9 Å². The first-order valence-corrected chi connectivity index (χ1v) is 13.5. The van der Waals surface area contributed by atoms with E-state index in [1.54, 1.807) is 29.2 Å². The molecule has 2 aromatic heterocycles. The summed E-state index contributed by atoms with van der Waals surface area (Å²) in [4.78, 5) is 53.2. The fraction of sp³-hybridized carbons (Fsp3) is 0.321. The third kappa shape index (κ3) is 6.77.